The summed E-state index contributed by atoms with van der Waals surface area (Å²) in [5, 5.41) is 23.8. The molecule has 2 aromatic rings. The van der Waals surface area contributed by atoms with E-state index in [1.807, 2.05) is 0 Å². The first-order valence-electron chi connectivity index (χ1n) is 6.04. The SMILES string of the molecule is O=C(N/N=C\c1ccc(O)c([N+](=O)[O-])c1)c1ccc(I)cc1. The maximum atomic E-state index is 11.8. The molecule has 0 saturated carbocycles. The van der Waals surface area contributed by atoms with Crippen molar-refractivity contribution in [3.63, 3.8) is 0 Å². The first-order valence-corrected chi connectivity index (χ1v) is 7.11. The zero-order chi connectivity index (χ0) is 16.1. The number of phenolic OH excluding ortho intramolecular Hbond substituents is 1. The monoisotopic (exact) mass is 411 g/mol. The van der Waals surface area contributed by atoms with Crippen LogP contribution in [0.5, 0.6) is 5.75 Å². The van der Waals surface area contributed by atoms with Gasteiger partial charge in [-0.1, -0.05) is 0 Å². The molecule has 0 fully saturated rings. The number of hydrogen-bond donors (Lipinski definition) is 2. The predicted octanol–water partition coefficient (Wildman–Crippen LogP) is 2.67. The van der Waals surface area contributed by atoms with Crippen molar-refractivity contribution in [2.75, 3.05) is 0 Å². The average molecular weight is 411 g/mol. The van der Waals surface area contributed by atoms with Crippen LogP contribution in [0.25, 0.3) is 0 Å². The van der Waals surface area contributed by atoms with E-state index in [9.17, 15) is 20.0 Å². The topological polar surface area (TPSA) is 105 Å². The maximum Gasteiger partial charge on any atom is 0.311 e. The summed E-state index contributed by atoms with van der Waals surface area (Å²) in [6.07, 6.45) is 1.26. The van der Waals surface area contributed by atoms with Gasteiger partial charge in [0.25, 0.3) is 5.91 Å². The second-order valence-corrected chi connectivity index (χ2v) is 5.46. The van der Waals surface area contributed by atoms with E-state index in [4.69, 9.17) is 0 Å². The van der Waals surface area contributed by atoms with E-state index in [1.54, 1.807) is 24.3 Å². The fraction of sp³-hybridized carbons (Fsp3) is 0. The molecule has 112 valence electrons. The van der Waals surface area contributed by atoms with Gasteiger partial charge in [0.15, 0.2) is 5.75 Å². The van der Waals surface area contributed by atoms with Crippen molar-refractivity contribution in [3.8, 4) is 5.75 Å². The van der Waals surface area contributed by atoms with Crippen LogP contribution in [0.1, 0.15) is 15.9 Å². The van der Waals surface area contributed by atoms with E-state index in [0.29, 0.717) is 11.1 Å². The van der Waals surface area contributed by atoms with Gasteiger partial charge in [0.2, 0.25) is 0 Å². The number of benzene rings is 2. The van der Waals surface area contributed by atoms with Gasteiger partial charge in [-0.25, -0.2) is 5.43 Å². The molecule has 8 heteroatoms. The molecule has 7 nitrogen and oxygen atoms in total. The van der Waals surface area contributed by atoms with Crippen LogP contribution in [0, 0.1) is 13.7 Å². The van der Waals surface area contributed by atoms with E-state index in [0.717, 1.165) is 9.64 Å². The summed E-state index contributed by atoms with van der Waals surface area (Å²) < 4.78 is 1.01. The zero-order valence-electron chi connectivity index (χ0n) is 11.1. The van der Waals surface area contributed by atoms with E-state index in [-0.39, 0.29) is 5.91 Å². The van der Waals surface area contributed by atoms with Crippen molar-refractivity contribution in [1.29, 1.82) is 0 Å². The zero-order valence-corrected chi connectivity index (χ0v) is 13.2. The Kier molecular flexibility index (Phi) is 5.04. The molecule has 22 heavy (non-hydrogen) atoms. The number of hydrazone groups is 1. The van der Waals surface area contributed by atoms with Crippen LogP contribution >= 0.6 is 22.6 Å². The van der Waals surface area contributed by atoms with Gasteiger partial charge in [-0.2, -0.15) is 5.10 Å². The van der Waals surface area contributed by atoms with Gasteiger partial charge >= 0.3 is 5.69 Å². The lowest BCUT2D eigenvalue weighted by Crippen LogP contribution is -2.17. The van der Waals surface area contributed by atoms with Crippen molar-refractivity contribution >= 4 is 40.4 Å². The molecule has 0 aliphatic heterocycles. The lowest BCUT2D eigenvalue weighted by Gasteiger charge is -2.00. The molecule has 0 aliphatic carbocycles. The number of halogens is 1. The standard InChI is InChI=1S/C14H10IN3O4/c15-11-4-2-10(3-5-11)14(20)17-16-8-9-1-6-13(19)12(7-9)18(21)22/h1-8,19H,(H,17,20)/b16-8-. The third kappa shape index (κ3) is 4.01. The molecule has 2 aromatic carbocycles. The molecule has 0 aromatic heterocycles. The molecular weight excluding hydrogens is 401 g/mol. The third-order valence-corrected chi connectivity index (χ3v) is 3.40. The molecule has 2 rings (SSSR count). The van der Waals surface area contributed by atoms with E-state index >= 15 is 0 Å². The summed E-state index contributed by atoms with van der Waals surface area (Å²) in [6.45, 7) is 0. The Morgan fingerprint density at radius 2 is 1.95 bits per heavy atom. The van der Waals surface area contributed by atoms with Gasteiger partial charge < -0.3 is 5.11 Å². The largest absolute Gasteiger partial charge is 0.502 e. The number of nitro benzene ring substituents is 1. The number of nitrogens with one attached hydrogen (secondary N) is 1. The molecule has 0 saturated heterocycles. The van der Waals surface area contributed by atoms with Gasteiger partial charge in [-0.15, -0.1) is 0 Å². The number of phenols is 1. The van der Waals surface area contributed by atoms with Gasteiger partial charge in [0.1, 0.15) is 0 Å². The molecular formula is C14H10IN3O4. The molecule has 0 unspecified atom stereocenters. The van der Waals surface area contributed by atoms with Crippen LogP contribution < -0.4 is 5.43 Å². The summed E-state index contributed by atoms with van der Waals surface area (Å²) >= 11 is 2.13. The Balaban J connectivity index is 2.06. The van der Waals surface area contributed by atoms with E-state index in [2.05, 4.69) is 33.1 Å². The first kappa shape index (κ1) is 15.9. The number of rotatable bonds is 4. The third-order valence-electron chi connectivity index (χ3n) is 2.68. The summed E-state index contributed by atoms with van der Waals surface area (Å²) in [4.78, 5) is 21.8. The predicted molar refractivity (Wildman–Crippen MR) is 89.0 cm³/mol. The Hall–Kier alpha value is -2.49. The van der Waals surface area contributed by atoms with E-state index in [1.165, 1.54) is 18.3 Å². The summed E-state index contributed by atoms with van der Waals surface area (Å²) in [7, 11) is 0. The smallest absolute Gasteiger partial charge is 0.311 e. The quantitative estimate of drug-likeness (QED) is 0.349. The Morgan fingerprint density at radius 3 is 2.59 bits per heavy atom. The van der Waals surface area contributed by atoms with Crippen molar-refractivity contribution in [2.45, 2.75) is 0 Å². The highest BCUT2D eigenvalue weighted by Crippen LogP contribution is 2.25. The van der Waals surface area contributed by atoms with E-state index < -0.39 is 16.4 Å². The van der Waals surface area contributed by atoms with Crippen LogP contribution in [0.2, 0.25) is 0 Å². The fourth-order valence-electron chi connectivity index (χ4n) is 1.60. The minimum absolute atomic E-state index is 0.382. The highest BCUT2D eigenvalue weighted by Gasteiger charge is 2.12. The summed E-state index contributed by atoms with van der Waals surface area (Å²) in [6, 6.07) is 10.7. The fourth-order valence-corrected chi connectivity index (χ4v) is 1.96. The Labute approximate surface area is 139 Å². The van der Waals surface area contributed by atoms with Gasteiger partial charge in [0.05, 0.1) is 11.1 Å². The Bertz CT molecular complexity index is 744. The van der Waals surface area contributed by atoms with Crippen molar-refractivity contribution in [1.82, 2.24) is 5.43 Å². The summed E-state index contributed by atoms with van der Waals surface area (Å²) in [5.74, 6) is -0.814. The van der Waals surface area contributed by atoms with Crippen molar-refractivity contribution in [2.24, 2.45) is 5.10 Å². The minimum Gasteiger partial charge on any atom is -0.502 e. The molecule has 0 atom stereocenters. The lowest BCUT2D eigenvalue weighted by atomic mass is 10.2. The number of nitro groups is 1. The van der Waals surface area contributed by atoms with Crippen molar-refractivity contribution < 1.29 is 14.8 Å². The van der Waals surface area contributed by atoms with Crippen molar-refractivity contribution in [3.05, 3.63) is 67.3 Å². The number of carbonyl (C=O) groups excluding carboxylic acids is 1. The van der Waals surface area contributed by atoms with Gasteiger partial charge in [-0.3, -0.25) is 14.9 Å². The minimum atomic E-state index is -0.698. The lowest BCUT2D eigenvalue weighted by molar-refractivity contribution is -0.385. The highest BCUT2D eigenvalue weighted by molar-refractivity contribution is 14.1. The van der Waals surface area contributed by atoms with Crippen LogP contribution in [0.3, 0.4) is 0 Å². The van der Waals surface area contributed by atoms with Crippen LogP contribution in [-0.2, 0) is 0 Å². The second-order valence-electron chi connectivity index (χ2n) is 4.21. The molecule has 2 N–H and O–H groups in total. The summed E-state index contributed by atoms with van der Waals surface area (Å²) in [5.41, 5.74) is 2.74. The number of aromatic hydroxyl groups is 1. The Morgan fingerprint density at radius 1 is 1.27 bits per heavy atom. The first-order chi connectivity index (χ1) is 10.5. The van der Waals surface area contributed by atoms with Gasteiger partial charge in [-0.05, 0) is 59.0 Å². The number of carbonyl (C=O) groups is 1. The average Bonchev–Trinajstić information content (AvgIpc) is 2.49. The van der Waals surface area contributed by atoms with Gasteiger partial charge in [0, 0.05) is 20.8 Å². The molecule has 0 aliphatic rings. The maximum absolute atomic E-state index is 11.8. The molecule has 1 amide bonds. The van der Waals surface area contributed by atoms with Crippen LogP contribution in [0.4, 0.5) is 5.69 Å². The highest BCUT2D eigenvalue weighted by atomic mass is 127. The molecule has 0 radical (unpaired) electrons. The number of hydrogen-bond acceptors (Lipinski definition) is 5. The second kappa shape index (κ2) is 6.98. The normalized spacial score (nSPS) is 10.6. The van der Waals surface area contributed by atoms with Crippen LogP contribution in [0.15, 0.2) is 47.6 Å². The van der Waals surface area contributed by atoms with Crippen LogP contribution in [-0.4, -0.2) is 22.2 Å². The number of nitrogens with zero attached hydrogens (tertiary/aromatic N) is 2. The molecule has 0 heterocycles. The molecule has 0 spiro atoms. The molecule has 0 bridgehead atoms. The number of amides is 1.